The largest absolute Gasteiger partial charge is 0.450 e. The molecule has 0 unspecified atom stereocenters. The first-order valence-corrected chi connectivity index (χ1v) is 5.67. The Kier molecular flexibility index (Phi) is 3.89. The zero-order chi connectivity index (χ0) is 15.4. The van der Waals surface area contributed by atoms with E-state index >= 15 is 0 Å². The molecule has 0 spiro atoms. The van der Waals surface area contributed by atoms with Crippen LogP contribution in [0.25, 0.3) is 0 Å². The number of benzene rings is 2. The minimum atomic E-state index is -0.644. The van der Waals surface area contributed by atoms with Gasteiger partial charge in [0.25, 0.3) is 5.69 Å². The highest BCUT2D eigenvalue weighted by atomic mass is 16.6. The van der Waals surface area contributed by atoms with Crippen molar-refractivity contribution in [1.82, 2.24) is 0 Å². The molecule has 0 heterocycles. The fraction of sp³-hybridized carbons (Fsp3) is 0. The lowest BCUT2D eigenvalue weighted by molar-refractivity contribution is -0.385. The van der Waals surface area contributed by atoms with Crippen LogP contribution in [0.15, 0.2) is 42.5 Å². The lowest BCUT2D eigenvalue weighted by Gasteiger charge is -2.06. The van der Waals surface area contributed by atoms with Gasteiger partial charge in [-0.1, -0.05) is 0 Å². The monoisotopic (exact) mass is 288 g/mol. The summed E-state index contributed by atoms with van der Waals surface area (Å²) in [4.78, 5) is 30.9. The summed E-state index contributed by atoms with van der Waals surface area (Å²) in [7, 11) is 0. The highest BCUT2D eigenvalue weighted by molar-refractivity contribution is 5.77. The standard InChI is InChI=1S/C13H8N2O6/c16-8-9-1-6-12(15(19)20)13(7-9)21-11-4-2-10(3-5-11)14(17)18/h1-8H. The van der Waals surface area contributed by atoms with Gasteiger partial charge in [0.2, 0.25) is 5.75 Å². The zero-order valence-corrected chi connectivity index (χ0v) is 10.5. The molecule has 0 N–H and O–H groups in total. The molecule has 2 aromatic rings. The first-order valence-electron chi connectivity index (χ1n) is 5.67. The van der Waals surface area contributed by atoms with Crippen molar-refractivity contribution in [1.29, 1.82) is 0 Å². The molecule has 106 valence electrons. The van der Waals surface area contributed by atoms with Crippen molar-refractivity contribution >= 4 is 17.7 Å². The predicted molar refractivity (Wildman–Crippen MR) is 71.7 cm³/mol. The molecule has 0 aliphatic rings. The molecule has 0 amide bonds. The maximum atomic E-state index is 10.9. The molecule has 8 heteroatoms. The third-order valence-corrected chi connectivity index (χ3v) is 2.59. The number of ether oxygens (including phenoxy) is 1. The molecule has 0 bridgehead atoms. The van der Waals surface area contributed by atoms with Gasteiger partial charge in [-0.3, -0.25) is 25.0 Å². The second kappa shape index (κ2) is 5.78. The molecule has 8 nitrogen and oxygen atoms in total. The molecule has 2 aromatic carbocycles. The van der Waals surface area contributed by atoms with Crippen LogP contribution >= 0.6 is 0 Å². The number of nitrogens with zero attached hydrogens (tertiary/aromatic N) is 2. The van der Waals surface area contributed by atoms with Crippen molar-refractivity contribution < 1.29 is 19.4 Å². The third kappa shape index (κ3) is 3.18. The first kappa shape index (κ1) is 14.1. The van der Waals surface area contributed by atoms with E-state index in [1.807, 2.05) is 0 Å². The lowest BCUT2D eigenvalue weighted by Crippen LogP contribution is -1.95. The number of nitro groups is 2. The van der Waals surface area contributed by atoms with E-state index in [4.69, 9.17) is 4.74 Å². The van der Waals surface area contributed by atoms with E-state index in [0.717, 1.165) is 6.07 Å². The number of carbonyl (C=O) groups is 1. The van der Waals surface area contributed by atoms with Crippen LogP contribution in [0.2, 0.25) is 0 Å². The molecule has 21 heavy (non-hydrogen) atoms. The Labute approximate surface area is 117 Å². The highest BCUT2D eigenvalue weighted by Gasteiger charge is 2.16. The summed E-state index contributed by atoms with van der Waals surface area (Å²) in [5, 5.41) is 21.4. The second-order valence-corrected chi connectivity index (χ2v) is 3.96. The van der Waals surface area contributed by atoms with E-state index in [-0.39, 0.29) is 28.4 Å². The average Bonchev–Trinajstić information content (AvgIpc) is 2.47. The molecule has 0 saturated carbocycles. The molecule has 0 aromatic heterocycles. The minimum absolute atomic E-state index is 0.113. The summed E-state index contributed by atoms with van der Waals surface area (Å²) in [6, 6.07) is 8.74. The van der Waals surface area contributed by atoms with E-state index < -0.39 is 9.85 Å². The first-order chi connectivity index (χ1) is 10.0. The van der Waals surface area contributed by atoms with Gasteiger partial charge >= 0.3 is 5.69 Å². The van der Waals surface area contributed by atoms with E-state index in [9.17, 15) is 25.0 Å². The summed E-state index contributed by atoms with van der Waals surface area (Å²) in [5.41, 5.74) is -0.213. The molecule has 2 rings (SSSR count). The van der Waals surface area contributed by atoms with Crippen LogP contribution in [-0.2, 0) is 0 Å². The van der Waals surface area contributed by atoms with Crippen LogP contribution in [0, 0.1) is 20.2 Å². The Bertz CT molecular complexity index is 711. The van der Waals surface area contributed by atoms with Crippen molar-refractivity contribution in [3.63, 3.8) is 0 Å². The van der Waals surface area contributed by atoms with E-state index in [2.05, 4.69) is 0 Å². The molecule has 0 aliphatic carbocycles. The van der Waals surface area contributed by atoms with Crippen LogP contribution in [0.3, 0.4) is 0 Å². The number of aldehydes is 1. The fourth-order valence-corrected chi connectivity index (χ4v) is 1.60. The van der Waals surface area contributed by atoms with Gasteiger partial charge in [-0.05, 0) is 24.3 Å². The number of non-ortho nitro benzene ring substituents is 1. The van der Waals surface area contributed by atoms with Crippen molar-refractivity contribution in [2.75, 3.05) is 0 Å². The SMILES string of the molecule is O=Cc1ccc([N+](=O)[O-])c(Oc2ccc([N+](=O)[O-])cc2)c1. The van der Waals surface area contributed by atoms with Gasteiger partial charge in [0.1, 0.15) is 12.0 Å². The summed E-state index contributed by atoms with van der Waals surface area (Å²) >= 11 is 0. The van der Waals surface area contributed by atoms with Gasteiger partial charge in [0.05, 0.1) is 9.85 Å². The number of rotatable bonds is 5. The van der Waals surface area contributed by atoms with Gasteiger partial charge < -0.3 is 4.74 Å². The Morgan fingerprint density at radius 2 is 1.62 bits per heavy atom. The van der Waals surface area contributed by atoms with Crippen molar-refractivity contribution in [3.8, 4) is 11.5 Å². The van der Waals surface area contributed by atoms with Crippen LogP contribution in [0.1, 0.15) is 10.4 Å². The quantitative estimate of drug-likeness (QED) is 0.474. The maximum Gasteiger partial charge on any atom is 0.311 e. The molecule has 0 atom stereocenters. The Morgan fingerprint density at radius 3 is 2.14 bits per heavy atom. The van der Waals surface area contributed by atoms with Gasteiger partial charge in [-0.15, -0.1) is 0 Å². The molecule has 0 fully saturated rings. The summed E-state index contributed by atoms with van der Waals surface area (Å²) in [6.45, 7) is 0. The summed E-state index contributed by atoms with van der Waals surface area (Å²) in [6.07, 6.45) is 0.534. The zero-order valence-electron chi connectivity index (χ0n) is 10.5. The number of hydrogen-bond acceptors (Lipinski definition) is 6. The average molecular weight is 288 g/mol. The van der Waals surface area contributed by atoms with E-state index in [0.29, 0.717) is 6.29 Å². The minimum Gasteiger partial charge on any atom is -0.450 e. The maximum absolute atomic E-state index is 10.9. The van der Waals surface area contributed by atoms with Crippen LogP contribution in [0.4, 0.5) is 11.4 Å². The third-order valence-electron chi connectivity index (χ3n) is 2.59. The topological polar surface area (TPSA) is 113 Å². The predicted octanol–water partition coefficient (Wildman–Crippen LogP) is 3.11. The normalized spacial score (nSPS) is 9.90. The number of hydrogen-bond donors (Lipinski definition) is 0. The van der Waals surface area contributed by atoms with E-state index in [1.165, 1.54) is 36.4 Å². The van der Waals surface area contributed by atoms with Crippen LogP contribution in [0.5, 0.6) is 11.5 Å². The van der Waals surface area contributed by atoms with Crippen molar-refractivity contribution in [2.45, 2.75) is 0 Å². The molecular formula is C13H8N2O6. The van der Waals surface area contributed by atoms with Gasteiger partial charge in [0, 0.05) is 23.8 Å². The van der Waals surface area contributed by atoms with Crippen LogP contribution < -0.4 is 4.74 Å². The van der Waals surface area contributed by atoms with Gasteiger partial charge in [-0.2, -0.15) is 0 Å². The molecule has 0 radical (unpaired) electrons. The molecular weight excluding hydrogens is 280 g/mol. The van der Waals surface area contributed by atoms with Gasteiger partial charge in [-0.25, -0.2) is 0 Å². The Hall–Kier alpha value is -3.29. The number of nitro benzene ring substituents is 2. The van der Waals surface area contributed by atoms with Gasteiger partial charge in [0.15, 0.2) is 0 Å². The fourth-order valence-electron chi connectivity index (χ4n) is 1.60. The van der Waals surface area contributed by atoms with Crippen molar-refractivity contribution in [2.24, 2.45) is 0 Å². The number of carbonyl (C=O) groups excluding carboxylic acids is 1. The molecule has 0 saturated heterocycles. The highest BCUT2D eigenvalue weighted by Crippen LogP contribution is 2.32. The lowest BCUT2D eigenvalue weighted by atomic mass is 10.2. The summed E-state index contributed by atoms with van der Waals surface area (Å²) < 4.78 is 5.32. The van der Waals surface area contributed by atoms with Crippen LogP contribution in [-0.4, -0.2) is 16.1 Å². The summed E-state index contributed by atoms with van der Waals surface area (Å²) in [5.74, 6) is 0.0743. The Balaban J connectivity index is 2.35. The Morgan fingerprint density at radius 1 is 0.952 bits per heavy atom. The second-order valence-electron chi connectivity index (χ2n) is 3.96. The van der Waals surface area contributed by atoms with E-state index in [1.54, 1.807) is 0 Å². The van der Waals surface area contributed by atoms with Crippen molar-refractivity contribution in [3.05, 3.63) is 68.3 Å². The molecule has 0 aliphatic heterocycles. The smallest absolute Gasteiger partial charge is 0.311 e.